The number of anilines is 1. The first-order chi connectivity index (χ1) is 23.0. The van der Waals surface area contributed by atoms with Crippen molar-refractivity contribution in [3.8, 4) is 0 Å². The van der Waals surface area contributed by atoms with E-state index < -0.39 is 0 Å². The molecule has 5 aliphatic rings. The van der Waals surface area contributed by atoms with Crippen LogP contribution in [0.15, 0.2) is 150 Å². The first kappa shape index (κ1) is 30.1. The van der Waals surface area contributed by atoms with E-state index in [9.17, 15) is 0 Å². The summed E-state index contributed by atoms with van der Waals surface area (Å²) in [6.45, 7) is 5.64. The SMILES string of the molecule is C1=CCC(CNc2cccc3ccccc23)C(c2ccc3c(c2)C2(C=CC=CC2)CS3)=C1.CC1(C)C2=C(C=CCC2)c2ccccc21. The van der Waals surface area contributed by atoms with Gasteiger partial charge in [-0.1, -0.05) is 141 Å². The summed E-state index contributed by atoms with van der Waals surface area (Å²) < 4.78 is 0. The summed E-state index contributed by atoms with van der Waals surface area (Å²) in [6.07, 6.45) is 25.2. The largest absolute Gasteiger partial charge is 0.384 e. The van der Waals surface area contributed by atoms with Gasteiger partial charge < -0.3 is 5.32 Å². The van der Waals surface area contributed by atoms with Gasteiger partial charge in [0.05, 0.1) is 0 Å². The Labute approximate surface area is 284 Å². The first-order valence-electron chi connectivity index (χ1n) is 17.2. The molecule has 1 aliphatic heterocycles. The molecule has 0 radical (unpaired) electrons. The minimum absolute atomic E-state index is 0.173. The van der Waals surface area contributed by atoms with Crippen LogP contribution >= 0.6 is 11.8 Å². The van der Waals surface area contributed by atoms with Crippen LogP contribution in [-0.4, -0.2) is 12.3 Å². The molecule has 0 amide bonds. The lowest BCUT2D eigenvalue weighted by molar-refractivity contribution is 0.607. The molecule has 9 rings (SSSR count). The highest BCUT2D eigenvalue weighted by Gasteiger charge is 2.38. The Morgan fingerprint density at radius 3 is 2.62 bits per heavy atom. The smallest absolute Gasteiger partial charge is 0.0420 e. The standard InChI is InChI=1S/C30H27NS.C15H16/c1-6-17-30(18-7-1)21-32-29-16-15-23(19-27(29)30)25-12-4-3-10-24(25)20-31-28-14-8-11-22-9-2-5-13-26(22)28;1-15(2)13-9-5-3-7-11(13)12-8-4-6-10-14(12)15/h1-9,11-17,19,24,31H,10,18,20-21H2;3-5,7-9H,6,10H2,1-2H3. The van der Waals surface area contributed by atoms with Gasteiger partial charge in [0.2, 0.25) is 0 Å². The molecule has 2 unspecified atom stereocenters. The van der Waals surface area contributed by atoms with Crippen molar-refractivity contribution in [3.63, 3.8) is 0 Å². The predicted molar refractivity (Wildman–Crippen MR) is 204 cm³/mol. The summed E-state index contributed by atoms with van der Waals surface area (Å²) in [5.41, 5.74) is 12.1. The second-order valence-corrected chi connectivity index (χ2v) is 15.1. The van der Waals surface area contributed by atoms with Crippen molar-refractivity contribution < 1.29 is 0 Å². The van der Waals surface area contributed by atoms with Crippen molar-refractivity contribution in [2.75, 3.05) is 17.6 Å². The Bertz CT molecular complexity index is 2030. The monoisotopic (exact) mass is 629 g/mol. The molecule has 0 aromatic heterocycles. The molecule has 1 N–H and O–H groups in total. The predicted octanol–water partition coefficient (Wildman–Crippen LogP) is 11.9. The third-order valence-electron chi connectivity index (χ3n) is 10.9. The molecule has 0 saturated carbocycles. The van der Waals surface area contributed by atoms with E-state index in [1.807, 2.05) is 11.8 Å². The van der Waals surface area contributed by atoms with Gasteiger partial charge in [-0.25, -0.2) is 0 Å². The van der Waals surface area contributed by atoms with E-state index in [1.54, 1.807) is 5.57 Å². The summed E-state index contributed by atoms with van der Waals surface area (Å²) in [7, 11) is 0. The Morgan fingerprint density at radius 1 is 0.830 bits per heavy atom. The first-order valence-corrected chi connectivity index (χ1v) is 18.2. The molecule has 1 heterocycles. The number of hydrogen-bond donors (Lipinski definition) is 1. The summed E-state index contributed by atoms with van der Waals surface area (Å²) in [4.78, 5) is 1.45. The third-order valence-corrected chi connectivity index (χ3v) is 12.2. The molecule has 234 valence electrons. The average molecular weight is 630 g/mol. The van der Waals surface area contributed by atoms with Crippen molar-refractivity contribution in [2.45, 2.75) is 55.3 Å². The van der Waals surface area contributed by atoms with E-state index in [2.05, 4.69) is 159 Å². The van der Waals surface area contributed by atoms with Gasteiger partial charge in [-0.2, -0.15) is 0 Å². The Kier molecular flexibility index (Phi) is 7.94. The molecular weight excluding hydrogens is 587 g/mol. The van der Waals surface area contributed by atoms with E-state index >= 15 is 0 Å². The fourth-order valence-corrected chi connectivity index (χ4v) is 9.65. The molecule has 2 heteroatoms. The van der Waals surface area contributed by atoms with Crippen LogP contribution in [0.4, 0.5) is 5.69 Å². The summed E-state index contributed by atoms with van der Waals surface area (Å²) in [5.74, 6) is 1.61. The van der Waals surface area contributed by atoms with Crippen molar-refractivity contribution in [1.29, 1.82) is 0 Å². The van der Waals surface area contributed by atoms with Gasteiger partial charge in [0.15, 0.2) is 0 Å². The van der Waals surface area contributed by atoms with Crippen LogP contribution in [0.25, 0.3) is 21.9 Å². The lowest BCUT2D eigenvalue weighted by Crippen LogP contribution is -2.24. The van der Waals surface area contributed by atoms with Crippen LogP contribution in [0.3, 0.4) is 0 Å². The molecule has 4 aromatic rings. The highest BCUT2D eigenvalue weighted by atomic mass is 32.2. The fraction of sp³-hybridized carbons (Fsp3) is 0.244. The van der Waals surface area contributed by atoms with E-state index in [0.717, 1.165) is 25.1 Å². The van der Waals surface area contributed by atoms with Crippen LogP contribution in [0, 0.1) is 5.92 Å². The van der Waals surface area contributed by atoms with Crippen LogP contribution in [0.5, 0.6) is 0 Å². The molecule has 0 fully saturated rings. The van der Waals surface area contributed by atoms with Crippen LogP contribution < -0.4 is 5.32 Å². The van der Waals surface area contributed by atoms with Gasteiger partial charge in [0.1, 0.15) is 0 Å². The zero-order valence-corrected chi connectivity index (χ0v) is 28.3. The normalized spacial score (nSPS) is 22.9. The van der Waals surface area contributed by atoms with Crippen LogP contribution in [-0.2, 0) is 10.8 Å². The van der Waals surface area contributed by atoms with Gasteiger partial charge in [-0.05, 0) is 82.7 Å². The number of fused-ring (bicyclic) bond motifs is 5. The molecule has 1 spiro atoms. The van der Waals surface area contributed by atoms with Crippen molar-refractivity contribution in [2.24, 2.45) is 5.92 Å². The maximum atomic E-state index is 3.77. The van der Waals surface area contributed by atoms with Crippen molar-refractivity contribution in [3.05, 3.63) is 167 Å². The molecule has 0 bridgehead atoms. The van der Waals surface area contributed by atoms with E-state index in [1.165, 1.54) is 67.6 Å². The average Bonchev–Trinajstić information content (AvgIpc) is 3.59. The molecule has 1 nitrogen and oxygen atoms in total. The summed E-state index contributed by atoms with van der Waals surface area (Å²) >= 11 is 2.01. The van der Waals surface area contributed by atoms with Crippen LogP contribution in [0.1, 0.15) is 61.8 Å². The maximum Gasteiger partial charge on any atom is 0.0420 e. The second-order valence-electron chi connectivity index (χ2n) is 14.0. The maximum absolute atomic E-state index is 3.77. The van der Waals surface area contributed by atoms with Crippen molar-refractivity contribution in [1.82, 2.24) is 0 Å². The molecule has 4 aromatic carbocycles. The van der Waals surface area contributed by atoms with Gasteiger partial charge in [0.25, 0.3) is 0 Å². The number of benzene rings is 4. The summed E-state index contributed by atoms with van der Waals surface area (Å²) in [5, 5.41) is 6.34. The topological polar surface area (TPSA) is 12.0 Å². The minimum Gasteiger partial charge on any atom is -0.384 e. The highest BCUT2D eigenvalue weighted by molar-refractivity contribution is 7.99. The van der Waals surface area contributed by atoms with Crippen molar-refractivity contribution >= 4 is 39.4 Å². The molecule has 0 saturated heterocycles. The molecule has 47 heavy (non-hydrogen) atoms. The van der Waals surface area contributed by atoms with Gasteiger partial charge >= 0.3 is 0 Å². The lowest BCUT2D eigenvalue weighted by Gasteiger charge is -2.28. The highest BCUT2D eigenvalue weighted by Crippen LogP contribution is 2.50. The number of rotatable bonds is 4. The van der Waals surface area contributed by atoms with E-state index in [0.29, 0.717) is 5.92 Å². The number of thioether (sulfide) groups is 1. The Hall–Kier alpha value is -4.27. The van der Waals surface area contributed by atoms with E-state index in [4.69, 9.17) is 0 Å². The van der Waals surface area contributed by atoms with E-state index in [-0.39, 0.29) is 10.8 Å². The zero-order valence-electron chi connectivity index (χ0n) is 27.5. The molecule has 2 atom stereocenters. The third kappa shape index (κ3) is 5.47. The van der Waals surface area contributed by atoms with Gasteiger partial charge in [-0.15, -0.1) is 11.8 Å². The zero-order chi connectivity index (χ0) is 31.8. The lowest BCUT2D eigenvalue weighted by atomic mass is 9.76. The number of hydrogen-bond acceptors (Lipinski definition) is 2. The molecule has 4 aliphatic carbocycles. The fourth-order valence-electron chi connectivity index (χ4n) is 8.29. The second kappa shape index (κ2) is 12.4. The number of allylic oxidation sites excluding steroid dienone is 11. The number of nitrogens with one attached hydrogen (secondary N) is 1. The van der Waals surface area contributed by atoms with Gasteiger partial charge in [0, 0.05) is 45.0 Å². The quantitative estimate of drug-likeness (QED) is 0.241. The Balaban J connectivity index is 0.000000180. The minimum atomic E-state index is 0.173. The summed E-state index contributed by atoms with van der Waals surface area (Å²) in [6, 6.07) is 31.2. The van der Waals surface area contributed by atoms with Gasteiger partial charge in [-0.3, -0.25) is 0 Å². The Morgan fingerprint density at radius 2 is 1.70 bits per heavy atom. The molecular formula is C45H43NS. The van der Waals surface area contributed by atoms with Crippen LogP contribution in [0.2, 0.25) is 0 Å².